The zero-order valence-electron chi connectivity index (χ0n) is 10.1. The Kier molecular flexibility index (Phi) is 4.09. The van der Waals surface area contributed by atoms with Crippen LogP contribution in [0.25, 0.3) is 0 Å². The minimum Gasteiger partial charge on any atom is -0.354 e. The first-order valence-electron chi connectivity index (χ1n) is 5.88. The van der Waals surface area contributed by atoms with Crippen molar-refractivity contribution in [1.29, 1.82) is 0 Å². The molecular weight excluding hydrogens is 274 g/mol. The quantitative estimate of drug-likeness (QED) is 0.906. The van der Waals surface area contributed by atoms with Crippen molar-refractivity contribution in [3.05, 3.63) is 23.4 Å². The van der Waals surface area contributed by atoms with E-state index in [4.69, 9.17) is 11.6 Å². The van der Waals surface area contributed by atoms with Crippen LogP contribution < -0.4 is 9.62 Å². The molecule has 0 aromatic carbocycles. The number of halogens is 1. The van der Waals surface area contributed by atoms with Crippen molar-refractivity contribution in [3.63, 3.8) is 0 Å². The number of pyridine rings is 1. The maximum atomic E-state index is 11.9. The molecular formula is C11H16ClN3O2S. The Labute approximate surface area is 112 Å². The summed E-state index contributed by atoms with van der Waals surface area (Å²) in [6, 6.07) is 3.52. The van der Waals surface area contributed by atoms with E-state index >= 15 is 0 Å². The average Bonchev–Trinajstić information content (AvgIpc) is 2.79. The molecule has 1 aromatic heterocycles. The molecule has 1 atom stereocenters. The molecule has 0 radical (unpaired) electrons. The molecule has 18 heavy (non-hydrogen) atoms. The zero-order valence-corrected chi connectivity index (χ0v) is 11.7. The van der Waals surface area contributed by atoms with Gasteiger partial charge in [-0.15, -0.1) is 0 Å². The molecule has 0 spiro atoms. The highest BCUT2D eigenvalue weighted by molar-refractivity contribution is 7.90. The van der Waals surface area contributed by atoms with Gasteiger partial charge in [0.25, 0.3) is 0 Å². The SMILES string of the molecule is CCNS(=O)(=O)C1CCN(c2ncccc2Cl)C1. The van der Waals surface area contributed by atoms with Gasteiger partial charge in [0.05, 0.1) is 10.3 Å². The van der Waals surface area contributed by atoms with Crippen LogP contribution >= 0.6 is 11.6 Å². The minimum atomic E-state index is -3.23. The predicted octanol–water partition coefficient (Wildman–Crippen LogP) is 1.25. The second kappa shape index (κ2) is 5.42. The van der Waals surface area contributed by atoms with Gasteiger partial charge in [-0.25, -0.2) is 18.1 Å². The summed E-state index contributed by atoms with van der Waals surface area (Å²) in [5, 5.41) is 0.162. The van der Waals surface area contributed by atoms with Crippen molar-refractivity contribution < 1.29 is 8.42 Å². The maximum absolute atomic E-state index is 11.9. The number of nitrogens with one attached hydrogen (secondary N) is 1. The van der Waals surface area contributed by atoms with Crippen molar-refractivity contribution in [2.24, 2.45) is 0 Å². The summed E-state index contributed by atoms with van der Waals surface area (Å²) in [6.45, 7) is 3.29. The van der Waals surface area contributed by atoms with Crippen LogP contribution in [0.15, 0.2) is 18.3 Å². The van der Waals surface area contributed by atoms with Gasteiger partial charge >= 0.3 is 0 Å². The van der Waals surface area contributed by atoms with E-state index in [1.165, 1.54) is 0 Å². The highest BCUT2D eigenvalue weighted by atomic mass is 35.5. The van der Waals surface area contributed by atoms with Crippen molar-refractivity contribution in [2.75, 3.05) is 24.5 Å². The Morgan fingerprint density at radius 2 is 2.39 bits per heavy atom. The van der Waals surface area contributed by atoms with Gasteiger partial charge in [-0.1, -0.05) is 18.5 Å². The Morgan fingerprint density at radius 1 is 1.61 bits per heavy atom. The zero-order chi connectivity index (χ0) is 13.2. The van der Waals surface area contributed by atoms with Gasteiger partial charge < -0.3 is 4.90 Å². The van der Waals surface area contributed by atoms with Gasteiger partial charge in [-0.05, 0) is 18.6 Å². The third-order valence-electron chi connectivity index (χ3n) is 2.97. The molecule has 7 heteroatoms. The largest absolute Gasteiger partial charge is 0.354 e. The summed E-state index contributed by atoms with van der Waals surface area (Å²) < 4.78 is 26.3. The number of aromatic nitrogens is 1. The normalized spacial score (nSPS) is 20.3. The van der Waals surface area contributed by atoms with Crippen molar-refractivity contribution in [3.8, 4) is 0 Å². The smallest absolute Gasteiger partial charge is 0.216 e. The molecule has 0 aliphatic carbocycles. The molecule has 0 bridgehead atoms. The fourth-order valence-electron chi connectivity index (χ4n) is 2.10. The third-order valence-corrected chi connectivity index (χ3v) is 5.22. The number of hydrogen-bond donors (Lipinski definition) is 1. The summed E-state index contributed by atoms with van der Waals surface area (Å²) in [7, 11) is -3.23. The Balaban J connectivity index is 2.12. The van der Waals surface area contributed by atoms with E-state index in [0.29, 0.717) is 36.9 Å². The molecule has 1 unspecified atom stereocenters. The summed E-state index contributed by atoms with van der Waals surface area (Å²) in [6.07, 6.45) is 2.26. The van der Waals surface area contributed by atoms with E-state index in [1.807, 2.05) is 4.90 Å². The first kappa shape index (κ1) is 13.6. The van der Waals surface area contributed by atoms with Gasteiger partial charge in [-0.2, -0.15) is 0 Å². The second-order valence-corrected chi connectivity index (χ2v) is 6.66. The van der Waals surface area contributed by atoms with Crippen LogP contribution in [0.3, 0.4) is 0 Å². The lowest BCUT2D eigenvalue weighted by Crippen LogP contribution is -2.36. The first-order chi connectivity index (χ1) is 8.54. The van der Waals surface area contributed by atoms with Crippen LogP contribution in [0.5, 0.6) is 0 Å². The van der Waals surface area contributed by atoms with Gasteiger partial charge in [0, 0.05) is 25.8 Å². The number of sulfonamides is 1. The number of hydrogen-bond acceptors (Lipinski definition) is 4. The molecule has 1 aliphatic rings. The lowest BCUT2D eigenvalue weighted by atomic mass is 10.4. The highest BCUT2D eigenvalue weighted by Crippen LogP contribution is 2.27. The van der Waals surface area contributed by atoms with Gasteiger partial charge in [-0.3, -0.25) is 0 Å². The monoisotopic (exact) mass is 289 g/mol. The van der Waals surface area contributed by atoms with Crippen molar-refractivity contribution >= 4 is 27.4 Å². The Hall–Kier alpha value is -0.850. The van der Waals surface area contributed by atoms with Gasteiger partial charge in [0.2, 0.25) is 10.0 Å². The topological polar surface area (TPSA) is 62.3 Å². The molecule has 1 fully saturated rings. The van der Waals surface area contributed by atoms with Gasteiger partial charge in [0.1, 0.15) is 5.82 Å². The number of rotatable bonds is 4. The van der Waals surface area contributed by atoms with E-state index in [0.717, 1.165) is 0 Å². The number of nitrogens with zero attached hydrogens (tertiary/aromatic N) is 2. The minimum absolute atomic E-state index is 0.393. The van der Waals surface area contributed by atoms with Crippen molar-refractivity contribution in [1.82, 2.24) is 9.71 Å². The first-order valence-corrected chi connectivity index (χ1v) is 7.81. The maximum Gasteiger partial charge on any atom is 0.216 e. The van der Waals surface area contributed by atoms with E-state index in [2.05, 4.69) is 9.71 Å². The van der Waals surface area contributed by atoms with Crippen LogP contribution in [0.2, 0.25) is 5.02 Å². The van der Waals surface area contributed by atoms with E-state index in [9.17, 15) is 8.42 Å². The predicted molar refractivity (Wildman–Crippen MR) is 72.5 cm³/mol. The molecule has 2 rings (SSSR count). The molecule has 1 aromatic rings. The summed E-state index contributed by atoms with van der Waals surface area (Å²) >= 11 is 6.06. The molecule has 1 aliphatic heterocycles. The Bertz CT molecular complexity index is 521. The number of anilines is 1. The molecule has 100 valence electrons. The third kappa shape index (κ3) is 2.76. The van der Waals surface area contributed by atoms with E-state index in [1.54, 1.807) is 25.3 Å². The Morgan fingerprint density at radius 3 is 3.06 bits per heavy atom. The van der Waals surface area contributed by atoms with E-state index < -0.39 is 15.3 Å². The highest BCUT2D eigenvalue weighted by Gasteiger charge is 2.33. The molecule has 0 amide bonds. The van der Waals surface area contributed by atoms with Crippen LogP contribution in [-0.4, -0.2) is 38.3 Å². The summed E-state index contributed by atoms with van der Waals surface area (Å²) in [4.78, 5) is 6.12. The van der Waals surface area contributed by atoms with Gasteiger partial charge in [0.15, 0.2) is 0 Å². The van der Waals surface area contributed by atoms with Crippen LogP contribution in [-0.2, 0) is 10.0 Å². The molecule has 1 N–H and O–H groups in total. The molecule has 0 saturated carbocycles. The fourth-order valence-corrected chi connectivity index (χ4v) is 3.77. The van der Waals surface area contributed by atoms with E-state index in [-0.39, 0.29) is 0 Å². The second-order valence-electron chi connectivity index (χ2n) is 4.21. The molecule has 5 nitrogen and oxygen atoms in total. The lowest BCUT2D eigenvalue weighted by Gasteiger charge is -2.18. The molecule has 2 heterocycles. The van der Waals surface area contributed by atoms with Crippen molar-refractivity contribution in [2.45, 2.75) is 18.6 Å². The van der Waals surface area contributed by atoms with Crippen LogP contribution in [0, 0.1) is 0 Å². The molecule has 1 saturated heterocycles. The fraction of sp³-hybridized carbons (Fsp3) is 0.545. The average molecular weight is 290 g/mol. The summed E-state index contributed by atoms with van der Waals surface area (Å²) in [5.41, 5.74) is 0. The lowest BCUT2D eigenvalue weighted by molar-refractivity contribution is 0.571. The van der Waals surface area contributed by atoms with Crippen LogP contribution in [0.4, 0.5) is 5.82 Å². The van der Waals surface area contributed by atoms with Crippen LogP contribution in [0.1, 0.15) is 13.3 Å². The standard InChI is InChI=1S/C11H16ClN3O2S/c1-2-14-18(16,17)9-5-7-15(8-9)11-10(12)4-3-6-13-11/h3-4,6,9,14H,2,5,7-8H2,1H3. The summed E-state index contributed by atoms with van der Waals surface area (Å²) in [5.74, 6) is 0.661.